The fraction of sp³-hybridized carbons (Fsp3) is 0.500. The Labute approximate surface area is 140 Å². The molecule has 1 aromatic carbocycles. The molecule has 124 valence electrons. The van der Waals surface area contributed by atoms with Crippen LogP contribution in [0.1, 0.15) is 29.9 Å². The molecular formula is C16H22N4O2S. The first-order valence-electron chi connectivity index (χ1n) is 7.72. The quantitative estimate of drug-likeness (QED) is 0.843. The SMILES string of the molecule is COc1ccc(SC(C)c2nc(C3CNCCN3C)no2)cc1. The molecule has 2 unspecified atom stereocenters. The molecule has 1 aliphatic heterocycles. The molecule has 2 atom stereocenters. The van der Waals surface area contributed by atoms with Crippen molar-refractivity contribution in [3.05, 3.63) is 36.0 Å². The van der Waals surface area contributed by atoms with Crippen molar-refractivity contribution in [3.8, 4) is 5.75 Å². The summed E-state index contributed by atoms with van der Waals surface area (Å²) in [5.74, 6) is 2.28. The number of aromatic nitrogens is 2. The maximum absolute atomic E-state index is 5.48. The summed E-state index contributed by atoms with van der Waals surface area (Å²) in [6.07, 6.45) is 0. The van der Waals surface area contributed by atoms with Crippen molar-refractivity contribution in [2.24, 2.45) is 0 Å². The van der Waals surface area contributed by atoms with Crippen LogP contribution in [-0.2, 0) is 0 Å². The fourth-order valence-corrected chi connectivity index (χ4v) is 3.45. The first kappa shape index (κ1) is 16.3. The lowest BCUT2D eigenvalue weighted by Gasteiger charge is -2.30. The van der Waals surface area contributed by atoms with E-state index in [4.69, 9.17) is 9.26 Å². The standard InChI is InChI=1S/C16H22N4O2S/c1-11(23-13-6-4-12(21-3)5-7-13)16-18-15(19-22-16)14-10-17-8-9-20(14)2/h4-7,11,14,17H,8-10H2,1-3H3. The molecule has 23 heavy (non-hydrogen) atoms. The highest BCUT2D eigenvalue weighted by atomic mass is 32.2. The predicted molar refractivity (Wildman–Crippen MR) is 89.8 cm³/mol. The van der Waals surface area contributed by atoms with Crippen molar-refractivity contribution in [3.63, 3.8) is 0 Å². The van der Waals surface area contributed by atoms with E-state index in [2.05, 4.69) is 34.3 Å². The molecule has 2 aromatic rings. The number of thioether (sulfide) groups is 1. The van der Waals surface area contributed by atoms with E-state index < -0.39 is 0 Å². The molecule has 0 spiro atoms. The van der Waals surface area contributed by atoms with Crippen LogP contribution in [0.3, 0.4) is 0 Å². The van der Waals surface area contributed by atoms with Crippen LogP contribution in [0.25, 0.3) is 0 Å². The van der Waals surface area contributed by atoms with Crippen molar-refractivity contribution in [2.45, 2.75) is 23.1 Å². The van der Waals surface area contributed by atoms with Gasteiger partial charge in [-0.1, -0.05) is 5.16 Å². The van der Waals surface area contributed by atoms with Gasteiger partial charge in [0, 0.05) is 24.5 Å². The first-order chi connectivity index (χ1) is 11.2. The van der Waals surface area contributed by atoms with Gasteiger partial charge < -0.3 is 14.6 Å². The monoisotopic (exact) mass is 334 g/mol. The number of methoxy groups -OCH3 is 1. The number of nitrogens with one attached hydrogen (secondary N) is 1. The summed E-state index contributed by atoms with van der Waals surface area (Å²) in [5, 5.41) is 7.65. The Kier molecular flexibility index (Phi) is 5.20. The van der Waals surface area contributed by atoms with Crippen LogP contribution in [0.2, 0.25) is 0 Å². The number of piperazine rings is 1. The lowest BCUT2D eigenvalue weighted by atomic mass is 10.2. The Hall–Kier alpha value is -1.57. The third-order valence-corrected chi connectivity index (χ3v) is 5.09. The average Bonchev–Trinajstić information content (AvgIpc) is 3.06. The first-order valence-corrected chi connectivity index (χ1v) is 8.60. The number of rotatable bonds is 5. The largest absolute Gasteiger partial charge is 0.497 e. The zero-order chi connectivity index (χ0) is 16.2. The topological polar surface area (TPSA) is 63.4 Å². The van der Waals surface area contributed by atoms with E-state index >= 15 is 0 Å². The molecule has 0 bridgehead atoms. The summed E-state index contributed by atoms with van der Waals surface area (Å²) in [4.78, 5) is 8.01. The Morgan fingerprint density at radius 2 is 2.17 bits per heavy atom. The second kappa shape index (κ2) is 7.33. The molecule has 1 saturated heterocycles. The van der Waals surface area contributed by atoms with Gasteiger partial charge in [0.1, 0.15) is 5.75 Å². The number of hydrogen-bond donors (Lipinski definition) is 1. The van der Waals surface area contributed by atoms with Crippen LogP contribution in [0.15, 0.2) is 33.7 Å². The van der Waals surface area contributed by atoms with Crippen LogP contribution >= 0.6 is 11.8 Å². The van der Waals surface area contributed by atoms with Crippen LogP contribution in [0, 0.1) is 0 Å². The van der Waals surface area contributed by atoms with Gasteiger partial charge >= 0.3 is 0 Å². The van der Waals surface area contributed by atoms with Gasteiger partial charge in [-0.15, -0.1) is 11.8 Å². The van der Waals surface area contributed by atoms with Crippen molar-refractivity contribution in [1.29, 1.82) is 0 Å². The van der Waals surface area contributed by atoms with Crippen molar-refractivity contribution in [1.82, 2.24) is 20.4 Å². The van der Waals surface area contributed by atoms with Gasteiger partial charge in [-0.2, -0.15) is 4.98 Å². The molecule has 1 aliphatic rings. The van der Waals surface area contributed by atoms with Crippen LogP contribution in [0.4, 0.5) is 0 Å². The van der Waals surface area contributed by atoms with Gasteiger partial charge in [0.15, 0.2) is 5.82 Å². The molecule has 3 rings (SSSR count). The number of nitrogens with zero attached hydrogens (tertiary/aromatic N) is 3. The molecular weight excluding hydrogens is 312 g/mol. The van der Waals surface area contributed by atoms with Crippen molar-refractivity contribution in [2.75, 3.05) is 33.8 Å². The van der Waals surface area contributed by atoms with Crippen LogP contribution in [-0.4, -0.2) is 48.8 Å². The van der Waals surface area contributed by atoms with Gasteiger partial charge in [-0.25, -0.2) is 0 Å². The Bertz CT molecular complexity index is 631. The maximum atomic E-state index is 5.48. The lowest BCUT2D eigenvalue weighted by molar-refractivity contribution is 0.190. The summed E-state index contributed by atoms with van der Waals surface area (Å²) in [5.41, 5.74) is 0. The van der Waals surface area contributed by atoms with Crippen molar-refractivity contribution >= 4 is 11.8 Å². The number of benzene rings is 1. The summed E-state index contributed by atoms with van der Waals surface area (Å²) in [7, 11) is 3.76. The Balaban J connectivity index is 1.66. The highest BCUT2D eigenvalue weighted by Crippen LogP contribution is 2.35. The van der Waals surface area contributed by atoms with E-state index in [0.717, 1.165) is 36.1 Å². The summed E-state index contributed by atoms with van der Waals surface area (Å²) in [6, 6.07) is 8.17. The summed E-state index contributed by atoms with van der Waals surface area (Å²) in [6.45, 7) is 4.93. The Morgan fingerprint density at radius 3 is 2.87 bits per heavy atom. The fourth-order valence-electron chi connectivity index (χ4n) is 2.55. The molecule has 2 heterocycles. The van der Waals surface area contributed by atoms with E-state index in [9.17, 15) is 0 Å². The van der Waals surface area contributed by atoms with Crippen molar-refractivity contribution < 1.29 is 9.26 Å². The third-order valence-electron chi connectivity index (χ3n) is 3.99. The number of ether oxygens (including phenoxy) is 1. The van der Waals surface area contributed by atoms with E-state index in [1.54, 1.807) is 18.9 Å². The second-order valence-electron chi connectivity index (χ2n) is 5.63. The molecule has 0 amide bonds. The maximum Gasteiger partial charge on any atom is 0.239 e. The zero-order valence-electron chi connectivity index (χ0n) is 13.7. The molecule has 1 fully saturated rings. The predicted octanol–water partition coefficient (Wildman–Crippen LogP) is 2.51. The summed E-state index contributed by atoms with van der Waals surface area (Å²) < 4.78 is 10.7. The zero-order valence-corrected chi connectivity index (χ0v) is 14.5. The molecule has 0 aliphatic carbocycles. The molecule has 6 nitrogen and oxygen atoms in total. The van der Waals surface area contributed by atoms with Gasteiger partial charge in [0.25, 0.3) is 0 Å². The van der Waals surface area contributed by atoms with Gasteiger partial charge in [-0.3, -0.25) is 4.90 Å². The molecule has 0 radical (unpaired) electrons. The van der Waals surface area contributed by atoms with Crippen LogP contribution < -0.4 is 10.1 Å². The van der Waals surface area contributed by atoms with E-state index in [0.29, 0.717) is 5.89 Å². The highest BCUT2D eigenvalue weighted by molar-refractivity contribution is 7.99. The lowest BCUT2D eigenvalue weighted by Crippen LogP contribution is -2.44. The minimum atomic E-state index is 0.103. The van der Waals surface area contributed by atoms with E-state index in [-0.39, 0.29) is 11.3 Å². The smallest absolute Gasteiger partial charge is 0.239 e. The van der Waals surface area contributed by atoms with E-state index in [1.165, 1.54) is 0 Å². The summed E-state index contributed by atoms with van der Waals surface area (Å²) >= 11 is 1.70. The molecule has 1 aromatic heterocycles. The van der Waals surface area contributed by atoms with Gasteiger partial charge in [0.2, 0.25) is 5.89 Å². The van der Waals surface area contributed by atoms with Gasteiger partial charge in [0.05, 0.1) is 18.4 Å². The normalized spacial score (nSPS) is 20.4. The highest BCUT2D eigenvalue weighted by Gasteiger charge is 2.26. The molecule has 1 N–H and O–H groups in total. The average molecular weight is 334 g/mol. The van der Waals surface area contributed by atoms with E-state index in [1.807, 2.05) is 24.3 Å². The Morgan fingerprint density at radius 1 is 1.39 bits per heavy atom. The molecule has 7 heteroatoms. The molecule has 0 saturated carbocycles. The number of hydrogen-bond acceptors (Lipinski definition) is 7. The van der Waals surface area contributed by atoms with Crippen LogP contribution in [0.5, 0.6) is 5.75 Å². The minimum absolute atomic E-state index is 0.103. The second-order valence-corrected chi connectivity index (χ2v) is 7.04. The number of likely N-dealkylation sites (N-methyl/N-ethyl adjacent to an activating group) is 1. The minimum Gasteiger partial charge on any atom is -0.497 e. The third kappa shape index (κ3) is 3.85. The van der Waals surface area contributed by atoms with Gasteiger partial charge in [-0.05, 0) is 38.2 Å².